The van der Waals surface area contributed by atoms with E-state index in [2.05, 4.69) is 12.2 Å². The van der Waals surface area contributed by atoms with Crippen molar-refractivity contribution in [1.82, 2.24) is 9.62 Å². The highest BCUT2D eigenvalue weighted by Crippen LogP contribution is 2.37. The predicted molar refractivity (Wildman–Crippen MR) is 147 cm³/mol. The van der Waals surface area contributed by atoms with Crippen LogP contribution in [0.3, 0.4) is 0 Å². The summed E-state index contributed by atoms with van der Waals surface area (Å²) in [7, 11) is -2.08. The molecule has 1 saturated carbocycles. The Morgan fingerprint density at radius 3 is 2.32 bits per heavy atom. The Kier molecular flexibility index (Phi) is 7.80. The van der Waals surface area contributed by atoms with Gasteiger partial charge in [-0.1, -0.05) is 13.3 Å². The molecule has 1 aromatic rings. The van der Waals surface area contributed by atoms with Crippen LogP contribution in [0.5, 0.6) is 0 Å². The molecule has 1 aliphatic carbocycles. The number of hydrogen-bond acceptors (Lipinski definition) is 5. The van der Waals surface area contributed by atoms with Gasteiger partial charge in [-0.25, -0.2) is 13.2 Å². The Morgan fingerprint density at radius 1 is 1.19 bits per heavy atom. The maximum atomic E-state index is 13.1. The van der Waals surface area contributed by atoms with Gasteiger partial charge in [0.05, 0.1) is 0 Å². The topological polar surface area (TPSA) is 125 Å². The molecule has 1 saturated heterocycles. The van der Waals surface area contributed by atoms with Crippen molar-refractivity contribution in [3.8, 4) is 0 Å². The molecule has 0 aromatic heterocycles. The largest absolute Gasteiger partial charge is 0.351 e. The average Bonchev–Trinajstić information content (AvgIpc) is 3.18. The normalized spacial score (nSPS) is 24.3. The maximum Gasteiger partial charge on any atom is 0.318 e. The Labute approximate surface area is 220 Å². The third-order valence-corrected chi connectivity index (χ3v) is 9.99. The summed E-state index contributed by atoms with van der Waals surface area (Å²) in [4.78, 5) is 30.7. The fourth-order valence-electron chi connectivity index (χ4n) is 5.80. The molecule has 1 spiro atoms. The number of aliphatic imine (C=N–C) groups is 1. The van der Waals surface area contributed by atoms with E-state index in [1.165, 1.54) is 33.9 Å². The molecular formula is C27H39N5O4S. The van der Waals surface area contributed by atoms with E-state index in [-0.39, 0.29) is 19.0 Å². The summed E-state index contributed by atoms with van der Waals surface area (Å²) in [6.07, 6.45) is 8.01. The predicted octanol–water partition coefficient (Wildman–Crippen LogP) is 3.70. The Morgan fingerprint density at radius 2 is 1.78 bits per heavy atom. The summed E-state index contributed by atoms with van der Waals surface area (Å²) in [5, 5.41) is 4.28. The number of sulfonamides is 1. The molecule has 3 aliphatic rings. The van der Waals surface area contributed by atoms with E-state index >= 15 is 0 Å². The van der Waals surface area contributed by atoms with E-state index in [1.54, 1.807) is 25.3 Å². The summed E-state index contributed by atoms with van der Waals surface area (Å²) >= 11 is 0. The van der Waals surface area contributed by atoms with Crippen LogP contribution >= 0.6 is 0 Å². The molecule has 1 aromatic carbocycles. The highest BCUT2D eigenvalue weighted by Gasteiger charge is 2.48. The van der Waals surface area contributed by atoms with Crippen LogP contribution < -0.4 is 16.0 Å². The maximum absolute atomic E-state index is 13.1. The number of amidine groups is 1. The van der Waals surface area contributed by atoms with Crippen LogP contribution in [-0.4, -0.2) is 56.2 Å². The zero-order valence-electron chi connectivity index (χ0n) is 22.3. The molecule has 0 bridgehead atoms. The molecule has 10 heteroatoms. The van der Waals surface area contributed by atoms with E-state index in [1.807, 2.05) is 13.8 Å². The number of carbonyl (C=O) groups excluding carboxylic acids is 2. The first-order chi connectivity index (χ1) is 17.5. The van der Waals surface area contributed by atoms with Gasteiger partial charge in [0.2, 0.25) is 10.0 Å². The van der Waals surface area contributed by atoms with Crippen molar-refractivity contribution in [1.29, 1.82) is 0 Å². The van der Waals surface area contributed by atoms with Gasteiger partial charge in [0, 0.05) is 37.2 Å². The molecule has 0 atom stereocenters. The molecule has 2 heterocycles. The molecule has 3 amide bonds. The number of urea groups is 1. The Hall–Kier alpha value is -2.72. The number of rotatable bonds is 6. The van der Waals surface area contributed by atoms with Crippen molar-refractivity contribution < 1.29 is 18.0 Å². The Balaban J connectivity index is 1.43. The van der Waals surface area contributed by atoms with Gasteiger partial charge in [-0.15, -0.1) is 0 Å². The lowest BCUT2D eigenvalue weighted by Gasteiger charge is -2.34. The lowest BCUT2D eigenvalue weighted by atomic mass is 9.80. The van der Waals surface area contributed by atoms with Crippen molar-refractivity contribution in [3.05, 3.63) is 34.2 Å². The molecule has 2 fully saturated rings. The second-order valence-electron chi connectivity index (χ2n) is 10.7. The molecule has 202 valence electrons. The number of benzene rings is 1. The number of hydrogen-bond donors (Lipinski definition) is 2. The van der Waals surface area contributed by atoms with Gasteiger partial charge in [0.1, 0.15) is 11.4 Å². The molecule has 3 N–H and O–H groups in total. The number of nitrogens with one attached hydrogen (secondary N) is 1. The number of nitrogens with two attached hydrogens (primary N) is 1. The summed E-state index contributed by atoms with van der Waals surface area (Å²) in [5.74, 6) is 1.80. The monoisotopic (exact) mass is 529 g/mol. The third-order valence-electron chi connectivity index (χ3n) is 8.42. The summed E-state index contributed by atoms with van der Waals surface area (Å²) in [6.45, 7) is 6.46. The van der Waals surface area contributed by atoms with Crippen molar-refractivity contribution in [3.63, 3.8) is 0 Å². The van der Waals surface area contributed by atoms with E-state index in [0.29, 0.717) is 24.4 Å². The number of piperidine rings is 1. The van der Waals surface area contributed by atoms with Gasteiger partial charge in [0.15, 0.2) is 0 Å². The fourth-order valence-corrected chi connectivity index (χ4v) is 6.98. The smallest absolute Gasteiger partial charge is 0.318 e. The summed E-state index contributed by atoms with van der Waals surface area (Å²) in [6, 6.07) is 3.04. The number of nitrogens with zero attached hydrogens (tertiary/aromatic N) is 3. The first kappa shape index (κ1) is 27.3. The fraction of sp³-hybridized carbons (Fsp3) is 0.593. The minimum Gasteiger partial charge on any atom is -0.351 e. The van der Waals surface area contributed by atoms with Crippen LogP contribution in [0.1, 0.15) is 68.6 Å². The molecule has 4 rings (SSSR count). The summed E-state index contributed by atoms with van der Waals surface area (Å²) in [5.41, 5.74) is 7.63. The first-order valence-electron chi connectivity index (χ1n) is 13.2. The number of primary amides is 1. The lowest BCUT2D eigenvalue weighted by Crippen LogP contribution is -2.50. The number of anilines is 1. The average molecular weight is 530 g/mol. The van der Waals surface area contributed by atoms with Crippen LogP contribution in [0.4, 0.5) is 10.5 Å². The van der Waals surface area contributed by atoms with Crippen LogP contribution in [0.25, 0.3) is 6.08 Å². The van der Waals surface area contributed by atoms with Gasteiger partial charge in [-0.2, -0.15) is 4.31 Å². The standard InChI is InChI=1S/C27H39N5O4S/c1-5-20-6-8-21(9-7-20)24-29-25(33)27(30-24)11-13-32(14-12-27)37(35,36)15-10-23-18(2)16-22(17-19(23)3)31(4)26(28)34/h10,15-17,20-21H,5-9,11-14H2,1-4H3,(H2,28,34)(H,29,30,33)/b15-10+. The van der Waals surface area contributed by atoms with Gasteiger partial charge in [0.25, 0.3) is 5.91 Å². The van der Waals surface area contributed by atoms with Gasteiger partial charge < -0.3 is 11.1 Å². The van der Waals surface area contributed by atoms with Crippen molar-refractivity contribution in [2.24, 2.45) is 22.6 Å². The lowest BCUT2D eigenvalue weighted by molar-refractivity contribution is -0.125. The number of carbonyl (C=O) groups is 2. The van der Waals surface area contributed by atoms with Crippen molar-refractivity contribution >= 4 is 39.6 Å². The van der Waals surface area contributed by atoms with Gasteiger partial charge in [-0.05, 0) is 93.2 Å². The van der Waals surface area contributed by atoms with Crippen molar-refractivity contribution in [2.45, 2.75) is 71.3 Å². The highest BCUT2D eigenvalue weighted by molar-refractivity contribution is 7.92. The molecule has 37 heavy (non-hydrogen) atoms. The number of amides is 3. The second-order valence-corrected chi connectivity index (χ2v) is 12.6. The second kappa shape index (κ2) is 10.6. The van der Waals surface area contributed by atoms with E-state index in [4.69, 9.17) is 10.7 Å². The molecule has 0 unspecified atom stereocenters. The zero-order chi connectivity index (χ0) is 27.0. The van der Waals surface area contributed by atoms with Gasteiger partial charge >= 0.3 is 6.03 Å². The third kappa shape index (κ3) is 5.60. The van der Waals surface area contributed by atoms with E-state index < -0.39 is 21.6 Å². The quantitative estimate of drug-likeness (QED) is 0.583. The van der Waals surface area contributed by atoms with Gasteiger partial charge in [-0.3, -0.25) is 14.7 Å². The Bertz CT molecular complexity index is 1200. The van der Waals surface area contributed by atoms with Crippen molar-refractivity contribution in [2.75, 3.05) is 25.0 Å². The minimum absolute atomic E-state index is 0.0834. The van der Waals surface area contributed by atoms with Crippen LogP contribution in [0.15, 0.2) is 22.5 Å². The highest BCUT2D eigenvalue weighted by atomic mass is 32.2. The molecular weight excluding hydrogens is 490 g/mol. The van der Waals surface area contributed by atoms with E-state index in [9.17, 15) is 18.0 Å². The van der Waals surface area contributed by atoms with Crippen LogP contribution in [0.2, 0.25) is 0 Å². The first-order valence-corrected chi connectivity index (χ1v) is 14.7. The van der Waals surface area contributed by atoms with E-state index in [0.717, 1.165) is 41.3 Å². The molecule has 9 nitrogen and oxygen atoms in total. The SMILES string of the molecule is CCC1CCC(C2=NC3(CCN(S(=O)(=O)/C=C/c4c(C)cc(N(C)C(N)=O)cc4C)CC3)C(=O)N2)CC1. The summed E-state index contributed by atoms with van der Waals surface area (Å²) < 4.78 is 27.7. The molecule has 0 radical (unpaired) electrons. The van der Waals surface area contributed by atoms with Crippen LogP contribution in [-0.2, 0) is 14.8 Å². The zero-order valence-corrected chi connectivity index (χ0v) is 23.1. The number of aryl methyl sites for hydroxylation is 2. The van der Waals surface area contributed by atoms with Crippen LogP contribution in [0, 0.1) is 25.7 Å². The minimum atomic E-state index is -3.67. The molecule has 2 aliphatic heterocycles.